The lowest BCUT2D eigenvalue weighted by atomic mass is 9.92. The van der Waals surface area contributed by atoms with Crippen LogP contribution in [0.2, 0.25) is 0 Å². The van der Waals surface area contributed by atoms with Crippen molar-refractivity contribution < 1.29 is 4.74 Å². The summed E-state index contributed by atoms with van der Waals surface area (Å²) in [5.41, 5.74) is 1.05. The van der Waals surface area contributed by atoms with Crippen molar-refractivity contribution in [1.82, 2.24) is 9.55 Å². The molecule has 0 amide bonds. The molecule has 1 fully saturated rings. The summed E-state index contributed by atoms with van der Waals surface area (Å²) >= 11 is 0. The van der Waals surface area contributed by atoms with Crippen LogP contribution < -0.4 is 0 Å². The predicted octanol–water partition coefficient (Wildman–Crippen LogP) is 2.77. The lowest BCUT2D eigenvalue weighted by molar-refractivity contribution is -0.0141. The van der Waals surface area contributed by atoms with Crippen LogP contribution in [0.5, 0.6) is 0 Å². The summed E-state index contributed by atoms with van der Waals surface area (Å²) in [5.74, 6) is 1.19. The minimum Gasteiger partial charge on any atom is -0.354 e. The van der Waals surface area contributed by atoms with Gasteiger partial charge in [-0.2, -0.15) is 0 Å². The Hall–Kier alpha value is -0.830. The van der Waals surface area contributed by atoms with E-state index in [1.807, 2.05) is 13.3 Å². The van der Waals surface area contributed by atoms with Crippen molar-refractivity contribution in [3.8, 4) is 0 Å². The fourth-order valence-corrected chi connectivity index (χ4v) is 2.41. The van der Waals surface area contributed by atoms with Crippen LogP contribution in [0.3, 0.4) is 0 Å². The van der Waals surface area contributed by atoms with Crippen molar-refractivity contribution in [1.29, 1.82) is 0 Å². The minimum atomic E-state index is 0.172. The van der Waals surface area contributed by atoms with Crippen molar-refractivity contribution in [2.75, 3.05) is 0 Å². The maximum Gasteiger partial charge on any atom is 0.138 e. The normalized spacial score (nSPS) is 36.0. The zero-order chi connectivity index (χ0) is 11.0. The van der Waals surface area contributed by atoms with E-state index >= 15 is 0 Å². The van der Waals surface area contributed by atoms with Gasteiger partial charge in [0.25, 0.3) is 0 Å². The van der Waals surface area contributed by atoms with E-state index in [1.54, 1.807) is 0 Å². The highest BCUT2D eigenvalue weighted by atomic mass is 16.5. The van der Waals surface area contributed by atoms with Crippen molar-refractivity contribution in [2.24, 2.45) is 11.8 Å². The largest absolute Gasteiger partial charge is 0.354 e. The van der Waals surface area contributed by atoms with E-state index in [4.69, 9.17) is 4.74 Å². The second-order valence-corrected chi connectivity index (χ2v) is 4.65. The van der Waals surface area contributed by atoms with E-state index in [0.29, 0.717) is 17.9 Å². The number of nitrogens with zero attached hydrogens (tertiary/aromatic N) is 2. The van der Waals surface area contributed by atoms with Gasteiger partial charge in [0.1, 0.15) is 6.23 Å². The molecule has 0 aliphatic carbocycles. The van der Waals surface area contributed by atoms with Gasteiger partial charge in [-0.1, -0.05) is 20.8 Å². The Bertz CT molecular complexity index is 334. The molecular weight excluding hydrogens is 188 g/mol. The first-order valence-electron chi connectivity index (χ1n) is 5.79. The lowest BCUT2D eigenvalue weighted by Gasteiger charge is -2.17. The summed E-state index contributed by atoms with van der Waals surface area (Å²) in [5, 5.41) is 0. The molecule has 2 heterocycles. The Labute approximate surface area is 91.5 Å². The van der Waals surface area contributed by atoms with E-state index in [9.17, 15) is 0 Å². The number of aromatic nitrogens is 2. The molecule has 1 aliphatic heterocycles. The van der Waals surface area contributed by atoms with E-state index in [0.717, 1.165) is 12.1 Å². The molecule has 0 N–H and O–H groups in total. The maximum atomic E-state index is 6.06. The third-order valence-electron chi connectivity index (χ3n) is 3.61. The Morgan fingerprint density at radius 2 is 2.13 bits per heavy atom. The molecule has 1 aromatic heterocycles. The summed E-state index contributed by atoms with van der Waals surface area (Å²) in [7, 11) is 0. The molecule has 0 radical (unpaired) electrons. The van der Waals surface area contributed by atoms with Gasteiger partial charge in [0.05, 0.1) is 18.1 Å². The van der Waals surface area contributed by atoms with Gasteiger partial charge in [-0.15, -0.1) is 0 Å². The van der Waals surface area contributed by atoms with E-state index < -0.39 is 0 Å². The Kier molecular flexibility index (Phi) is 2.83. The van der Waals surface area contributed by atoms with Crippen LogP contribution in [0.25, 0.3) is 0 Å². The van der Waals surface area contributed by atoms with E-state index in [1.165, 1.54) is 0 Å². The second kappa shape index (κ2) is 3.97. The van der Waals surface area contributed by atoms with Crippen LogP contribution in [-0.2, 0) is 4.74 Å². The highest BCUT2D eigenvalue weighted by molar-refractivity contribution is 4.96. The average Bonchev–Trinajstić information content (AvgIpc) is 2.74. The predicted molar refractivity (Wildman–Crippen MR) is 59.5 cm³/mol. The van der Waals surface area contributed by atoms with Crippen LogP contribution in [0.4, 0.5) is 0 Å². The Morgan fingerprint density at radius 3 is 2.60 bits per heavy atom. The molecule has 2 rings (SSSR count). The summed E-state index contributed by atoms with van der Waals surface area (Å²) in [6, 6.07) is 0. The number of imidazole rings is 1. The standard InChI is InChI=1S/C12H20N2O/c1-5-11-9(3)10(4)12(15-11)14-6-8(2)13-7-14/h6-7,9-12H,5H2,1-4H3/t9-,10?,11-,12-/m1/s1. The van der Waals surface area contributed by atoms with E-state index in [2.05, 4.69) is 36.5 Å². The van der Waals surface area contributed by atoms with Crippen molar-refractivity contribution in [3.63, 3.8) is 0 Å². The van der Waals surface area contributed by atoms with Gasteiger partial charge in [-0.25, -0.2) is 4.98 Å². The molecular formula is C12H20N2O. The van der Waals surface area contributed by atoms with Crippen LogP contribution >= 0.6 is 0 Å². The zero-order valence-corrected chi connectivity index (χ0v) is 9.97. The highest BCUT2D eigenvalue weighted by Gasteiger charge is 2.38. The van der Waals surface area contributed by atoms with Crippen LogP contribution in [-0.4, -0.2) is 15.7 Å². The van der Waals surface area contributed by atoms with Crippen LogP contribution in [0.1, 0.15) is 39.1 Å². The van der Waals surface area contributed by atoms with Crippen LogP contribution in [0, 0.1) is 18.8 Å². The SMILES string of the molecule is CC[C@H]1O[C@@H](n2cnc(C)c2)C(C)[C@H]1C. The van der Waals surface area contributed by atoms with Gasteiger partial charge in [-0.3, -0.25) is 0 Å². The summed E-state index contributed by atoms with van der Waals surface area (Å²) in [4.78, 5) is 4.25. The summed E-state index contributed by atoms with van der Waals surface area (Å²) in [6.07, 6.45) is 5.60. The molecule has 1 aromatic rings. The van der Waals surface area contributed by atoms with Crippen molar-refractivity contribution in [3.05, 3.63) is 18.2 Å². The zero-order valence-electron chi connectivity index (χ0n) is 9.97. The van der Waals surface area contributed by atoms with E-state index in [-0.39, 0.29) is 6.23 Å². The van der Waals surface area contributed by atoms with Gasteiger partial charge < -0.3 is 9.30 Å². The van der Waals surface area contributed by atoms with Gasteiger partial charge in [0.2, 0.25) is 0 Å². The second-order valence-electron chi connectivity index (χ2n) is 4.65. The first kappa shape index (κ1) is 10.7. The van der Waals surface area contributed by atoms with Crippen LogP contribution in [0.15, 0.2) is 12.5 Å². The highest BCUT2D eigenvalue weighted by Crippen LogP contribution is 2.39. The van der Waals surface area contributed by atoms with Gasteiger partial charge in [0, 0.05) is 12.1 Å². The number of ether oxygens (including phenoxy) is 1. The molecule has 3 nitrogen and oxygen atoms in total. The maximum absolute atomic E-state index is 6.06. The molecule has 0 saturated carbocycles. The number of rotatable bonds is 2. The molecule has 1 saturated heterocycles. The lowest BCUT2D eigenvalue weighted by Crippen LogP contribution is -2.15. The molecule has 1 aliphatic rings. The minimum absolute atomic E-state index is 0.172. The third-order valence-corrected chi connectivity index (χ3v) is 3.61. The Morgan fingerprint density at radius 1 is 1.40 bits per heavy atom. The Balaban J connectivity index is 2.18. The average molecular weight is 208 g/mol. The molecule has 4 atom stereocenters. The third kappa shape index (κ3) is 1.81. The molecule has 0 spiro atoms. The fraction of sp³-hybridized carbons (Fsp3) is 0.750. The molecule has 0 bridgehead atoms. The number of hydrogen-bond acceptors (Lipinski definition) is 2. The van der Waals surface area contributed by atoms with Gasteiger partial charge in [-0.05, 0) is 19.3 Å². The number of hydrogen-bond donors (Lipinski definition) is 0. The smallest absolute Gasteiger partial charge is 0.138 e. The summed E-state index contributed by atoms with van der Waals surface area (Å²) in [6.45, 7) is 8.75. The molecule has 0 aromatic carbocycles. The van der Waals surface area contributed by atoms with Crippen molar-refractivity contribution >= 4 is 0 Å². The topological polar surface area (TPSA) is 27.1 Å². The summed E-state index contributed by atoms with van der Waals surface area (Å²) < 4.78 is 8.16. The number of aryl methyl sites for hydroxylation is 1. The molecule has 15 heavy (non-hydrogen) atoms. The fourth-order valence-electron chi connectivity index (χ4n) is 2.41. The quantitative estimate of drug-likeness (QED) is 0.747. The first-order chi connectivity index (χ1) is 7.13. The first-order valence-corrected chi connectivity index (χ1v) is 5.79. The molecule has 1 unspecified atom stereocenters. The van der Waals surface area contributed by atoms with Gasteiger partial charge >= 0.3 is 0 Å². The van der Waals surface area contributed by atoms with Gasteiger partial charge in [0.15, 0.2) is 0 Å². The van der Waals surface area contributed by atoms with Crippen molar-refractivity contribution in [2.45, 2.75) is 46.4 Å². The monoisotopic (exact) mass is 208 g/mol. The molecule has 84 valence electrons. The molecule has 3 heteroatoms.